The second-order valence-corrected chi connectivity index (χ2v) is 4.24. The van der Waals surface area contributed by atoms with Crippen molar-refractivity contribution in [3.05, 3.63) is 12.7 Å². The van der Waals surface area contributed by atoms with Crippen LogP contribution in [0.1, 0.15) is 27.2 Å². The maximum Gasteiger partial charge on any atom is 0.0243 e. The van der Waals surface area contributed by atoms with E-state index in [-0.39, 0.29) is 0 Å². The zero-order chi connectivity index (χ0) is 11.0. The first-order chi connectivity index (χ1) is 6.63. The van der Waals surface area contributed by atoms with Gasteiger partial charge in [0.05, 0.1) is 0 Å². The van der Waals surface area contributed by atoms with Crippen molar-refractivity contribution in [3.8, 4) is 0 Å². The van der Waals surface area contributed by atoms with Crippen LogP contribution in [-0.2, 0) is 0 Å². The van der Waals surface area contributed by atoms with Gasteiger partial charge in [0.1, 0.15) is 0 Å². The average Bonchev–Trinajstić information content (AvgIpc) is 2.12. The molecular weight excluding hydrogens is 172 g/mol. The predicted octanol–water partition coefficient (Wildman–Crippen LogP) is 2.13. The Labute approximate surface area is 89.4 Å². The molecule has 84 valence electrons. The van der Waals surface area contributed by atoms with Gasteiger partial charge < -0.3 is 5.32 Å². The highest BCUT2D eigenvalue weighted by molar-refractivity contribution is 4.80. The van der Waals surface area contributed by atoms with Gasteiger partial charge in [0.2, 0.25) is 0 Å². The number of hydrogen-bond acceptors (Lipinski definition) is 2. The Morgan fingerprint density at radius 3 is 2.50 bits per heavy atom. The molecule has 0 radical (unpaired) electrons. The van der Waals surface area contributed by atoms with Crippen LogP contribution in [0.2, 0.25) is 0 Å². The summed E-state index contributed by atoms with van der Waals surface area (Å²) in [4.78, 5) is 2.36. The molecule has 2 heteroatoms. The van der Waals surface area contributed by atoms with Gasteiger partial charge in [-0.1, -0.05) is 26.8 Å². The number of nitrogens with one attached hydrogen (secondary N) is 1. The Morgan fingerprint density at radius 1 is 1.43 bits per heavy atom. The van der Waals surface area contributed by atoms with E-state index in [9.17, 15) is 0 Å². The van der Waals surface area contributed by atoms with E-state index in [0.717, 1.165) is 19.6 Å². The second kappa shape index (κ2) is 8.01. The van der Waals surface area contributed by atoms with Gasteiger partial charge in [-0.2, -0.15) is 0 Å². The average molecular weight is 198 g/mol. The summed E-state index contributed by atoms with van der Waals surface area (Å²) in [6.07, 6.45) is 3.17. The van der Waals surface area contributed by atoms with Crippen molar-refractivity contribution in [2.24, 2.45) is 5.92 Å². The van der Waals surface area contributed by atoms with Crippen LogP contribution in [0.25, 0.3) is 0 Å². The number of likely N-dealkylation sites (N-methyl/N-ethyl adjacent to an activating group) is 1. The minimum Gasteiger partial charge on any atom is -0.315 e. The maximum atomic E-state index is 3.78. The molecule has 0 saturated heterocycles. The van der Waals surface area contributed by atoms with Crippen molar-refractivity contribution >= 4 is 0 Å². The van der Waals surface area contributed by atoms with Crippen molar-refractivity contribution in [2.45, 2.75) is 33.2 Å². The summed E-state index contributed by atoms with van der Waals surface area (Å²) < 4.78 is 0. The molecule has 0 aliphatic carbocycles. The third kappa shape index (κ3) is 5.40. The Bertz CT molecular complexity index is 143. The Kier molecular flexibility index (Phi) is 7.81. The number of nitrogens with zero attached hydrogens (tertiary/aromatic N) is 1. The lowest BCUT2D eigenvalue weighted by molar-refractivity contribution is 0.205. The highest BCUT2D eigenvalue weighted by Crippen LogP contribution is 2.07. The number of hydrogen-bond donors (Lipinski definition) is 1. The summed E-state index contributed by atoms with van der Waals surface area (Å²) in [5, 5.41) is 3.48. The van der Waals surface area contributed by atoms with E-state index in [2.05, 4.69) is 44.6 Å². The molecule has 0 aromatic carbocycles. The lowest BCUT2D eigenvalue weighted by atomic mass is 10.0. The molecule has 0 bridgehead atoms. The fourth-order valence-electron chi connectivity index (χ4n) is 1.67. The van der Waals surface area contributed by atoms with E-state index in [1.165, 1.54) is 6.42 Å². The van der Waals surface area contributed by atoms with E-state index in [1.54, 1.807) is 0 Å². The molecule has 0 spiro atoms. The van der Waals surface area contributed by atoms with Crippen LogP contribution < -0.4 is 5.32 Å². The Hall–Kier alpha value is -0.340. The monoisotopic (exact) mass is 198 g/mol. The van der Waals surface area contributed by atoms with Crippen molar-refractivity contribution in [2.75, 3.05) is 26.7 Å². The normalized spacial score (nSPS) is 13.6. The molecule has 1 unspecified atom stereocenters. The topological polar surface area (TPSA) is 15.3 Å². The van der Waals surface area contributed by atoms with E-state index in [1.807, 2.05) is 6.08 Å². The SMILES string of the molecule is C=CCN(C)C(CNCCC)C(C)C. The molecule has 1 N–H and O–H groups in total. The molecule has 0 fully saturated rings. The van der Waals surface area contributed by atoms with Crippen molar-refractivity contribution in [1.29, 1.82) is 0 Å². The molecule has 2 nitrogen and oxygen atoms in total. The quantitative estimate of drug-likeness (QED) is 0.475. The molecule has 0 aromatic rings. The fourth-order valence-corrected chi connectivity index (χ4v) is 1.67. The summed E-state index contributed by atoms with van der Waals surface area (Å²) in [7, 11) is 2.17. The first-order valence-electron chi connectivity index (χ1n) is 5.65. The largest absolute Gasteiger partial charge is 0.315 e. The standard InChI is InChI=1S/C12H26N2/c1-6-8-13-10-12(11(3)4)14(5)9-7-2/h7,11-13H,2,6,8-10H2,1,3-5H3. The van der Waals surface area contributed by atoms with E-state index < -0.39 is 0 Å². The molecule has 0 rings (SSSR count). The predicted molar refractivity (Wildman–Crippen MR) is 64.6 cm³/mol. The zero-order valence-corrected chi connectivity index (χ0v) is 10.2. The van der Waals surface area contributed by atoms with Gasteiger partial charge in [-0.3, -0.25) is 4.90 Å². The molecule has 0 heterocycles. The molecule has 0 aliphatic heterocycles. The summed E-state index contributed by atoms with van der Waals surface area (Å²) in [5.74, 6) is 0.685. The van der Waals surface area contributed by atoms with Crippen LogP contribution in [-0.4, -0.2) is 37.6 Å². The van der Waals surface area contributed by atoms with Gasteiger partial charge in [-0.25, -0.2) is 0 Å². The van der Waals surface area contributed by atoms with Gasteiger partial charge in [0.15, 0.2) is 0 Å². The second-order valence-electron chi connectivity index (χ2n) is 4.24. The highest BCUT2D eigenvalue weighted by Gasteiger charge is 2.16. The van der Waals surface area contributed by atoms with Crippen LogP contribution in [0.15, 0.2) is 12.7 Å². The summed E-state index contributed by atoms with van der Waals surface area (Å²) in [5.41, 5.74) is 0. The fraction of sp³-hybridized carbons (Fsp3) is 0.833. The molecule has 1 atom stereocenters. The smallest absolute Gasteiger partial charge is 0.0243 e. The summed E-state index contributed by atoms with van der Waals surface area (Å²) >= 11 is 0. The van der Waals surface area contributed by atoms with Gasteiger partial charge in [0, 0.05) is 19.1 Å². The minimum absolute atomic E-state index is 0.611. The maximum absolute atomic E-state index is 3.78. The molecule has 0 aliphatic rings. The molecule has 0 aromatic heterocycles. The highest BCUT2D eigenvalue weighted by atomic mass is 15.1. The summed E-state index contributed by atoms with van der Waals surface area (Å²) in [6.45, 7) is 13.7. The van der Waals surface area contributed by atoms with Crippen LogP contribution >= 0.6 is 0 Å². The molecular formula is C12H26N2. The summed E-state index contributed by atoms with van der Waals surface area (Å²) in [6, 6.07) is 0.611. The third-order valence-electron chi connectivity index (χ3n) is 2.53. The first kappa shape index (κ1) is 13.7. The van der Waals surface area contributed by atoms with Gasteiger partial charge in [-0.05, 0) is 25.9 Å². The van der Waals surface area contributed by atoms with Crippen molar-refractivity contribution < 1.29 is 0 Å². The van der Waals surface area contributed by atoms with E-state index >= 15 is 0 Å². The molecule has 14 heavy (non-hydrogen) atoms. The van der Waals surface area contributed by atoms with Crippen molar-refractivity contribution in [3.63, 3.8) is 0 Å². The van der Waals surface area contributed by atoms with E-state index in [4.69, 9.17) is 0 Å². The van der Waals surface area contributed by atoms with Crippen LogP contribution in [0.3, 0.4) is 0 Å². The zero-order valence-electron chi connectivity index (χ0n) is 10.2. The Balaban J connectivity index is 3.93. The van der Waals surface area contributed by atoms with Crippen LogP contribution in [0, 0.1) is 5.92 Å². The minimum atomic E-state index is 0.611. The first-order valence-corrected chi connectivity index (χ1v) is 5.65. The van der Waals surface area contributed by atoms with Crippen LogP contribution in [0.5, 0.6) is 0 Å². The Morgan fingerprint density at radius 2 is 2.07 bits per heavy atom. The lowest BCUT2D eigenvalue weighted by Crippen LogP contribution is -2.43. The van der Waals surface area contributed by atoms with Gasteiger partial charge in [0.25, 0.3) is 0 Å². The molecule has 0 saturated carbocycles. The van der Waals surface area contributed by atoms with Gasteiger partial charge in [-0.15, -0.1) is 6.58 Å². The van der Waals surface area contributed by atoms with E-state index in [0.29, 0.717) is 12.0 Å². The molecule has 0 amide bonds. The number of rotatable bonds is 8. The van der Waals surface area contributed by atoms with Crippen LogP contribution in [0.4, 0.5) is 0 Å². The van der Waals surface area contributed by atoms with Gasteiger partial charge >= 0.3 is 0 Å². The lowest BCUT2D eigenvalue weighted by Gasteiger charge is -2.30. The van der Waals surface area contributed by atoms with Crippen molar-refractivity contribution in [1.82, 2.24) is 10.2 Å². The third-order valence-corrected chi connectivity index (χ3v) is 2.53.